The van der Waals surface area contributed by atoms with Gasteiger partial charge in [-0.25, -0.2) is 0 Å². The van der Waals surface area contributed by atoms with Crippen molar-refractivity contribution in [2.24, 2.45) is 0 Å². The lowest BCUT2D eigenvalue weighted by Crippen LogP contribution is -2.12. The third kappa shape index (κ3) is 2.87. The van der Waals surface area contributed by atoms with Crippen molar-refractivity contribution in [3.8, 4) is 11.1 Å². The van der Waals surface area contributed by atoms with Gasteiger partial charge in [-0.05, 0) is 43.0 Å². The number of pyridine rings is 1. The van der Waals surface area contributed by atoms with Gasteiger partial charge in [0.2, 0.25) is 5.91 Å². The summed E-state index contributed by atoms with van der Waals surface area (Å²) >= 11 is 0. The fourth-order valence-corrected chi connectivity index (χ4v) is 2.61. The van der Waals surface area contributed by atoms with E-state index in [4.69, 9.17) is 0 Å². The number of aryl methyl sites for hydroxylation is 1. The van der Waals surface area contributed by atoms with E-state index in [0.29, 0.717) is 6.42 Å². The summed E-state index contributed by atoms with van der Waals surface area (Å²) in [6, 6.07) is 12.1. The van der Waals surface area contributed by atoms with Gasteiger partial charge in [0.25, 0.3) is 0 Å². The summed E-state index contributed by atoms with van der Waals surface area (Å²) in [6.07, 6.45) is 6.53. The fraction of sp³-hybridized carbons (Fsp3) is 0.294. The number of anilines is 1. The Morgan fingerprint density at radius 3 is 2.80 bits per heavy atom. The van der Waals surface area contributed by atoms with Gasteiger partial charge in [0.05, 0.1) is 0 Å². The van der Waals surface area contributed by atoms with Crippen LogP contribution in [-0.2, 0) is 11.2 Å². The van der Waals surface area contributed by atoms with Crippen molar-refractivity contribution in [2.45, 2.75) is 32.1 Å². The Kier molecular flexibility index (Phi) is 3.77. The van der Waals surface area contributed by atoms with Crippen LogP contribution >= 0.6 is 0 Å². The first kappa shape index (κ1) is 12.9. The maximum atomic E-state index is 12.0. The number of para-hydroxylation sites is 1. The number of aromatic nitrogens is 1. The highest BCUT2D eigenvalue weighted by atomic mass is 16.1. The summed E-state index contributed by atoms with van der Waals surface area (Å²) in [5, 5.41) is 3.03. The minimum atomic E-state index is 0.104. The summed E-state index contributed by atoms with van der Waals surface area (Å²) in [4.78, 5) is 16.4. The number of amides is 1. The SMILES string of the molecule is O=C1CCCCCc2cc(ccn2)-c2ccccc2N1. The Balaban J connectivity index is 2.05. The van der Waals surface area contributed by atoms with Crippen LogP contribution < -0.4 is 5.32 Å². The Hall–Kier alpha value is -2.16. The number of benzene rings is 1. The van der Waals surface area contributed by atoms with E-state index < -0.39 is 0 Å². The van der Waals surface area contributed by atoms with Crippen molar-refractivity contribution >= 4 is 11.6 Å². The van der Waals surface area contributed by atoms with Crippen LogP contribution in [0.15, 0.2) is 42.6 Å². The Morgan fingerprint density at radius 2 is 1.85 bits per heavy atom. The second kappa shape index (κ2) is 5.87. The lowest BCUT2D eigenvalue weighted by molar-refractivity contribution is -0.116. The molecule has 1 aliphatic rings. The van der Waals surface area contributed by atoms with Gasteiger partial charge in [-0.2, -0.15) is 0 Å². The molecular formula is C17H18N2O. The molecule has 0 radical (unpaired) electrons. The summed E-state index contributed by atoms with van der Waals surface area (Å²) in [5.74, 6) is 0.104. The number of hydrogen-bond acceptors (Lipinski definition) is 2. The van der Waals surface area contributed by atoms with E-state index in [0.717, 1.165) is 48.2 Å². The maximum Gasteiger partial charge on any atom is 0.224 e. The zero-order valence-electron chi connectivity index (χ0n) is 11.4. The molecule has 2 aromatic rings. The highest BCUT2D eigenvalue weighted by molar-refractivity contribution is 5.95. The number of carbonyl (C=O) groups is 1. The second-order valence-electron chi connectivity index (χ2n) is 5.19. The Morgan fingerprint density at radius 1 is 1.00 bits per heavy atom. The van der Waals surface area contributed by atoms with Crippen molar-refractivity contribution in [3.05, 3.63) is 48.3 Å². The summed E-state index contributed by atoms with van der Waals surface area (Å²) in [7, 11) is 0. The van der Waals surface area contributed by atoms with Gasteiger partial charge in [0.15, 0.2) is 0 Å². The lowest BCUT2D eigenvalue weighted by Gasteiger charge is -2.13. The highest BCUT2D eigenvalue weighted by Gasteiger charge is 2.10. The smallest absolute Gasteiger partial charge is 0.224 e. The monoisotopic (exact) mass is 266 g/mol. The van der Waals surface area contributed by atoms with Crippen LogP contribution in [0.3, 0.4) is 0 Å². The molecule has 0 saturated carbocycles. The van der Waals surface area contributed by atoms with E-state index in [9.17, 15) is 4.79 Å². The van der Waals surface area contributed by atoms with Gasteiger partial charge < -0.3 is 5.32 Å². The van der Waals surface area contributed by atoms with Crippen LogP contribution in [0.2, 0.25) is 0 Å². The van der Waals surface area contributed by atoms with Crippen LogP contribution in [-0.4, -0.2) is 10.9 Å². The third-order valence-electron chi connectivity index (χ3n) is 3.67. The first-order valence-electron chi connectivity index (χ1n) is 7.17. The highest BCUT2D eigenvalue weighted by Crippen LogP contribution is 2.28. The van der Waals surface area contributed by atoms with Gasteiger partial charge in [-0.15, -0.1) is 0 Å². The zero-order chi connectivity index (χ0) is 13.8. The number of nitrogens with one attached hydrogen (secondary N) is 1. The third-order valence-corrected chi connectivity index (χ3v) is 3.67. The van der Waals surface area contributed by atoms with Crippen LogP contribution in [0.25, 0.3) is 11.1 Å². The molecule has 0 fully saturated rings. The summed E-state index contributed by atoms with van der Waals surface area (Å²) in [6.45, 7) is 0. The molecule has 2 heterocycles. The van der Waals surface area contributed by atoms with Crippen molar-refractivity contribution in [3.63, 3.8) is 0 Å². The molecule has 0 saturated heterocycles. The molecule has 0 unspecified atom stereocenters. The molecule has 3 rings (SSSR count). The molecule has 1 aromatic carbocycles. The number of rotatable bonds is 0. The van der Waals surface area contributed by atoms with Gasteiger partial charge in [0, 0.05) is 29.6 Å². The number of nitrogens with zero attached hydrogens (tertiary/aromatic N) is 1. The van der Waals surface area contributed by atoms with E-state index in [1.807, 2.05) is 36.5 Å². The lowest BCUT2D eigenvalue weighted by atomic mass is 10.0. The molecule has 3 nitrogen and oxygen atoms in total. The van der Waals surface area contributed by atoms with Crippen LogP contribution in [0.1, 0.15) is 31.4 Å². The Bertz CT molecular complexity index is 622. The minimum absolute atomic E-state index is 0.104. The standard InChI is InChI=1S/C17H18N2O/c20-17-9-3-1-2-6-14-12-13(10-11-18-14)15-7-4-5-8-16(15)19-17/h4-5,7-8,10-12H,1-3,6,9H2,(H,19,20). The quantitative estimate of drug-likeness (QED) is 0.788. The van der Waals surface area contributed by atoms with Crippen molar-refractivity contribution in [1.29, 1.82) is 0 Å². The molecule has 1 N–H and O–H groups in total. The first-order valence-corrected chi connectivity index (χ1v) is 7.17. The largest absolute Gasteiger partial charge is 0.326 e. The van der Waals surface area contributed by atoms with E-state index in [2.05, 4.69) is 16.4 Å². The van der Waals surface area contributed by atoms with Crippen LogP contribution in [0.5, 0.6) is 0 Å². The van der Waals surface area contributed by atoms with Gasteiger partial charge in [-0.1, -0.05) is 24.6 Å². The molecule has 0 spiro atoms. The summed E-state index contributed by atoms with van der Waals surface area (Å²) in [5.41, 5.74) is 4.19. The molecule has 0 aliphatic carbocycles. The molecule has 1 aromatic heterocycles. The Labute approximate surface area is 119 Å². The average Bonchev–Trinajstić information content (AvgIpc) is 2.47. The summed E-state index contributed by atoms with van der Waals surface area (Å²) < 4.78 is 0. The van der Waals surface area contributed by atoms with Crippen LogP contribution in [0.4, 0.5) is 5.69 Å². The number of hydrogen-bond donors (Lipinski definition) is 1. The predicted molar refractivity (Wildman–Crippen MR) is 80.5 cm³/mol. The zero-order valence-corrected chi connectivity index (χ0v) is 11.4. The van der Waals surface area contributed by atoms with E-state index in [-0.39, 0.29) is 5.91 Å². The molecule has 102 valence electrons. The minimum Gasteiger partial charge on any atom is -0.326 e. The molecule has 20 heavy (non-hydrogen) atoms. The van der Waals surface area contributed by atoms with E-state index >= 15 is 0 Å². The van der Waals surface area contributed by atoms with Gasteiger partial charge in [0.1, 0.15) is 0 Å². The molecule has 0 atom stereocenters. The van der Waals surface area contributed by atoms with Crippen LogP contribution in [0, 0.1) is 0 Å². The maximum absolute atomic E-state index is 12.0. The number of carbonyl (C=O) groups excluding carboxylic acids is 1. The van der Waals surface area contributed by atoms with Gasteiger partial charge in [-0.3, -0.25) is 9.78 Å². The normalized spacial score (nSPS) is 15.5. The molecule has 1 amide bonds. The fourth-order valence-electron chi connectivity index (χ4n) is 2.61. The van der Waals surface area contributed by atoms with Crippen molar-refractivity contribution < 1.29 is 4.79 Å². The second-order valence-corrected chi connectivity index (χ2v) is 5.19. The molecule has 2 bridgehead atoms. The molecular weight excluding hydrogens is 248 g/mol. The van der Waals surface area contributed by atoms with Crippen molar-refractivity contribution in [1.82, 2.24) is 4.98 Å². The first-order chi connectivity index (χ1) is 9.83. The van der Waals surface area contributed by atoms with E-state index in [1.54, 1.807) is 0 Å². The average molecular weight is 266 g/mol. The molecule has 1 aliphatic heterocycles. The van der Waals surface area contributed by atoms with Crippen molar-refractivity contribution in [2.75, 3.05) is 5.32 Å². The topological polar surface area (TPSA) is 42.0 Å². The molecule has 3 heteroatoms. The number of fused-ring (bicyclic) bond motifs is 4. The van der Waals surface area contributed by atoms with Gasteiger partial charge >= 0.3 is 0 Å². The predicted octanol–water partition coefficient (Wildman–Crippen LogP) is 3.80. The van der Waals surface area contributed by atoms with E-state index in [1.165, 1.54) is 0 Å².